The fraction of sp³-hybridized carbons (Fsp3) is 0.688. The van der Waals surface area contributed by atoms with Crippen LogP contribution >= 0.6 is 11.3 Å². The van der Waals surface area contributed by atoms with Gasteiger partial charge in [0.2, 0.25) is 0 Å². The lowest BCUT2D eigenvalue weighted by molar-refractivity contribution is 0.0411. The van der Waals surface area contributed by atoms with Gasteiger partial charge in [-0.15, -0.1) is 0 Å². The van der Waals surface area contributed by atoms with Gasteiger partial charge in [-0.05, 0) is 56.0 Å². The molecule has 5 heteroatoms. The molecule has 0 aromatic carbocycles. The molecule has 0 unspecified atom stereocenters. The van der Waals surface area contributed by atoms with Gasteiger partial charge in [0.05, 0.1) is 12.1 Å². The number of ether oxygens (including phenoxy) is 1. The van der Waals surface area contributed by atoms with Crippen molar-refractivity contribution in [2.75, 3.05) is 0 Å². The number of alkyl carbamates (subject to hydrolysis) is 1. The van der Waals surface area contributed by atoms with Crippen LogP contribution < -0.4 is 5.32 Å². The van der Waals surface area contributed by atoms with Gasteiger partial charge in [-0.3, -0.25) is 0 Å². The minimum Gasteiger partial charge on any atom is -0.444 e. The molecule has 0 radical (unpaired) electrons. The first-order valence-electron chi connectivity index (χ1n) is 7.50. The third-order valence-electron chi connectivity index (χ3n) is 3.06. The van der Waals surface area contributed by atoms with E-state index in [0.29, 0.717) is 12.8 Å². The number of amides is 1. The van der Waals surface area contributed by atoms with Gasteiger partial charge in [-0.25, -0.2) is 4.79 Å². The molecule has 1 aromatic rings. The Balaban J connectivity index is 2.64. The van der Waals surface area contributed by atoms with E-state index in [0.717, 1.165) is 18.4 Å². The normalized spacial score (nSPS) is 14.5. The Morgan fingerprint density at radius 1 is 1.48 bits per heavy atom. The van der Waals surface area contributed by atoms with E-state index < -0.39 is 17.8 Å². The number of nitrogens with one attached hydrogen (secondary N) is 1. The van der Waals surface area contributed by atoms with Crippen LogP contribution in [0.3, 0.4) is 0 Å². The van der Waals surface area contributed by atoms with E-state index in [1.165, 1.54) is 0 Å². The Hall–Kier alpha value is -1.07. The Morgan fingerprint density at radius 3 is 2.71 bits per heavy atom. The summed E-state index contributed by atoms with van der Waals surface area (Å²) in [6, 6.07) is 1.70. The van der Waals surface area contributed by atoms with E-state index in [-0.39, 0.29) is 6.04 Å². The minimum atomic E-state index is -0.558. The highest BCUT2D eigenvalue weighted by molar-refractivity contribution is 7.07. The Labute approximate surface area is 131 Å². The SMILES string of the molecule is CCCC[C@H](O)[C@@H](Cc1ccsc1)NC(=O)OC(C)(C)C. The Bertz CT molecular complexity index is 412. The first-order chi connectivity index (χ1) is 9.81. The highest BCUT2D eigenvalue weighted by Crippen LogP contribution is 2.15. The number of unbranched alkanes of at least 4 members (excludes halogenated alkanes) is 1. The summed E-state index contributed by atoms with van der Waals surface area (Å²) in [6.07, 6.45) is 2.23. The van der Waals surface area contributed by atoms with Crippen LogP contribution in [0.2, 0.25) is 0 Å². The number of aliphatic hydroxyl groups excluding tert-OH is 1. The molecule has 120 valence electrons. The van der Waals surface area contributed by atoms with Gasteiger partial charge >= 0.3 is 6.09 Å². The molecular weight excluding hydrogens is 286 g/mol. The monoisotopic (exact) mass is 313 g/mol. The Morgan fingerprint density at radius 2 is 2.19 bits per heavy atom. The van der Waals surface area contributed by atoms with E-state index in [2.05, 4.69) is 12.2 Å². The first-order valence-corrected chi connectivity index (χ1v) is 8.44. The van der Waals surface area contributed by atoms with E-state index in [4.69, 9.17) is 4.74 Å². The summed E-state index contributed by atoms with van der Waals surface area (Å²) in [4.78, 5) is 11.9. The maximum atomic E-state index is 11.9. The topological polar surface area (TPSA) is 58.6 Å². The number of hydrogen-bond acceptors (Lipinski definition) is 4. The van der Waals surface area contributed by atoms with Gasteiger partial charge in [-0.1, -0.05) is 19.8 Å². The highest BCUT2D eigenvalue weighted by Gasteiger charge is 2.24. The lowest BCUT2D eigenvalue weighted by atomic mass is 9.99. The van der Waals surface area contributed by atoms with Crippen molar-refractivity contribution in [2.24, 2.45) is 0 Å². The predicted octanol–water partition coefficient (Wildman–Crippen LogP) is 3.74. The molecular formula is C16H27NO3S. The molecule has 1 amide bonds. The second kappa shape index (κ2) is 8.39. The second-order valence-electron chi connectivity index (χ2n) is 6.30. The number of aliphatic hydroxyl groups is 1. The molecule has 0 saturated carbocycles. The average Bonchev–Trinajstić information content (AvgIpc) is 2.85. The van der Waals surface area contributed by atoms with Crippen LogP contribution in [0.5, 0.6) is 0 Å². The van der Waals surface area contributed by atoms with Crippen molar-refractivity contribution in [2.45, 2.75) is 71.1 Å². The van der Waals surface area contributed by atoms with Crippen LogP contribution in [-0.4, -0.2) is 28.9 Å². The van der Waals surface area contributed by atoms with E-state index in [1.807, 2.05) is 37.6 Å². The summed E-state index contributed by atoms with van der Waals surface area (Å²) in [5.74, 6) is 0. The molecule has 4 nitrogen and oxygen atoms in total. The molecule has 1 aromatic heterocycles. The highest BCUT2D eigenvalue weighted by atomic mass is 32.1. The van der Waals surface area contributed by atoms with Gasteiger partial charge in [0, 0.05) is 0 Å². The largest absolute Gasteiger partial charge is 0.444 e. The van der Waals surface area contributed by atoms with Gasteiger partial charge in [-0.2, -0.15) is 11.3 Å². The molecule has 0 aliphatic heterocycles. The minimum absolute atomic E-state index is 0.319. The second-order valence-corrected chi connectivity index (χ2v) is 7.08. The zero-order valence-electron chi connectivity index (χ0n) is 13.4. The van der Waals surface area contributed by atoms with Crippen molar-refractivity contribution >= 4 is 17.4 Å². The van der Waals surface area contributed by atoms with Crippen LogP contribution in [0.15, 0.2) is 16.8 Å². The van der Waals surface area contributed by atoms with Crippen LogP contribution in [0.1, 0.15) is 52.5 Å². The van der Waals surface area contributed by atoms with Crippen LogP contribution in [0, 0.1) is 0 Å². The number of rotatable bonds is 7. The molecule has 2 N–H and O–H groups in total. The molecule has 0 spiro atoms. The maximum Gasteiger partial charge on any atom is 0.407 e. The third kappa shape index (κ3) is 7.48. The van der Waals surface area contributed by atoms with Crippen molar-refractivity contribution in [3.8, 4) is 0 Å². The third-order valence-corrected chi connectivity index (χ3v) is 3.79. The smallest absolute Gasteiger partial charge is 0.407 e. The van der Waals surface area contributed by atoms with Gasteiger partial charge < -0.3 is 15.2 Å². The summed E-state index contributed by atoms with van der Waals surface area (Å²) in [6.45, 7) is 7.57. The summed E-state index contributed by atoms with van der Waals surface area (Å²) >= 11 is 1.61. The van der Waals surface area contributed by atoms with Crippen molar-refractivity contribution in [1.82, 2.24) is 5.32 Å². The lowest BCUT2D eigenvalue weighted by Gasteiger charge is -2.26. The number of carbonyl (C=O) groups excluding carboxylic acids is 1. The summed E-state index contributed by atoms with van der Waals surface area (Å²) in [5, 5.41) is 17.2. The number of carbonyl (C=O) groups is 1. The number of thiophene rings is 1. The predicted molar refractivity (Wildman–Crippen MR) is 86.7 cm³/mol. The zero-order valence-corrected chi connectivity index (χ0v) is 14.2. The van der Waals surface area contributed by atoms with Crippen molar-refractivity contribution in [3.05, 3.63) is 22.4 Å². The zero-order chi connectivity index (χ0) is 15.9. The Kier molecular flexibility index (Phi) is 7.18. The quantitative estimate of drug-likeness (QED) is 0.806. The molecule has 0 aliphatic carbocycles. The molecule has 1 heterocycles. The molecule has 0 fully saturated rings. The van der Waals surface area contributed by atoms with Gasteiger partial charge in [0.25, 0.3) is 0 Å². The van der Waals surface area contributed by atoms with E-state index in [1.54, 1.807) is 11.3 Å². The number of hydrogen-bond donors (Lipinski definition) is 2. The molecule has 2 atom stereocenters. The standard InChI is InChI=1S/C16H27NO3S/c1-5-6-7-14(18)13(10-12-8-9-21-11-12)17-15(19)20-16(2,3)4/h8-9,11,13-14,18H,5-7,10H2,1-4H3,(H,17,19)/t13-,14+/m1/s1. The summed E-state index contributed by atoms with van der Waals surface area (Å²) < 4.78 is 5.28. The maximum absolute atomic E-state index is 11.9. The fourth-order valence-corrected chi connectivity index (χ4v) is 2.70. The lowest BCUT2D eigenvalue weighted by Crippen LogP contribution is -2.46. The molecule has 0 saturated heterocycles. The van der Waals surface area contributed by atoms with Crippen molar-refractivity contribution in [3.63, 3.8) is 0 Å². The molecule has 1 rings (SSSR count). The van der Waals surface area contributed by atoms with Crippen LogP contribution in [0.25, 0.3) is 0 Å². The van der Waals surface area contributed by atoms with Crippen LogP contribution in [-0.2, 0) is 11.2 Å². The first kappa shape index (κ1) is 18.0. The van der Waals surface area contributed by atoms with Gasteiger partial charge in [0.1, 0.15) is 5.60 Å². The summed E-state index contributed by atoms with van der Waals surface area (Å²) in [5.41, 5.74) is 0.586. The van der Waals surface area contributed by atoms with E-state index in [9.17, 15) is 9.90 Å². The average molecular weight is 313 g/mol. The van der Waals surface area contributed by atoms with Crippen molar-refractivity contribution in [1.29, 1.82) is 0 Å². The molecule has 21 heavy (non-hydrogen) atoms. The fourth-order valence-electron chi connectivity index (χ4n) is 2.02. The summed E-state index contributed by atoms with van der Waals surface area (Å²) in [7, 11) is 0. The van der Waals surface area contributed by atoms with Crippen molar-refractivity contribution < 1.29 is 14.6 Å². The molecule has 0 bridgehead atoms. The van der Waals surface area contributed by atoms with E-state index >= 15 is 0 Å². The van der Waals surface area contributed by atoms with Crippen LogP contribution in [0.4, 0.5) is 4.79 Å². The van der Waals surface area contributed by atoms with Gasteiger partial charge in [0.15, 0.2) is 0 Å². The molecule has 0 aliphatic rings.